The fraction of sp³-hybridized carbons (Fsp3) is 0.400. The summed E-state index contributed by atoms with van der Waals surface area (Å²) in [5, 5.41) is 10.1. The van der Waals surface area contributed by atoms with Gasteiger partial charge in [-0.1, -0.05) is 159 Å². The highest BCUT2D eigenvalue weighted by atomic mass is 16.3. The molecule has 2 atom stereocenters. The Kier molecular flexibility index (Phi) is 13.1. The average Bonchev–Trinajstić information content (AvgIpc) is 2.84. The minimum absolute atomic E-state index is 0.00983. The number of aliphatic hydroxyl groups is 1. The highest BCUT2D eigenvalue weighted by molar-refractivity contribution is 5.38. The van der Waals surface area contributed by atoms with Crippen LogP contribution in [0.2, 0.25) is 0 Å². The van der Waals surface area contributed by atoms with Gasteiger partial charge in [0.05, 0.1) is 6.10 Å². The van der Waals surface area contributed by atoms with Crippen LogP contribution < -0.4 is 0 Å². The lowest BCUT2D eigenvalue weighted by Crippen LogP contribution is -2.28. The molecule has 0 heterocycles. The van der Waals surface area contributed by atoms with Crippen molar-refractivity contribution in [2.24, 2.45) is 16.7 Å². The summed E-state index contributed by atoms with van der Waals surface area (Å²) in [5.74, 6) is 0.382. The topological polar surface area (TPSA) is 20.2 Å². The van der Waals surface area contributed by atoms with Crippen molar-refractivity contribution in [3.05, 3.63) is 143 Å². The molecule has 0 saturated carbocycles. The van der Waals surface area contributed by atoms with Crippen LogP contribution in [0.4, 0.5) is 0 Å². The normalized spacial score (nSPS) is 24.9. The average molecular weight is 551 g/mol. The maximum Gasteiger partial charge on any atom is 0.0585 e. The summed E-state index contributed by atoms with van der Waals surface area (Å²) in [4.78, 5) is 0. The van der Waals surface area contributed by atoms with Gasteiger partial charge in [0.1, 0.15) is 0 Å². The molecule has 1 heteroatoms. The van der Waals surface area contributed by atoms with E-state index in [2.05, 4.69) is 166 Å². The van der Waals surface area contributed by atoms with Gasteiger partial charge in [0.15, 0.2) is 0 Å². The van der Waals surface area contributed by atoms with E-state index in [-0.39, 0.29) is 16.9 Å². The van der Waals surface area contributed by atoms with Crippen LogP contribution in [-0.2, 0) is 0 Å². The van der Waals surface area contributed by atoms with Gasteiger partial charge in [0.25, 0.3) is 0 Å². The molecule has 1 N–H and O–H groups in total. The predicted octanol–water partition coefficient (Wildman–Crippen LogP) is 11.2. The Hall–Kier alpha value is -3.16. The second-order valence-corrected chi connectivity index (χ2v) is 13.2. The molecule has 41 heavy (non-hydrogen) atoms. The summed E-state index contributed by atoms with van der Waals surface area (Å²) in [6.07, 6.45) is 37.0. The second-order valence-electron chi connectivity index (χ2n) is 13.2. The smallest absolute Gasteiger partial charge is 0.0585 e. The van der Waals surface area contributed by atoms with Crippen molar-refractivity contribution in [2.45, 2.75) is 87.7 Å². The maximum atomic E-state index is 10.1. The third kappa shape index (κ3) is 11.7. The van der Waals surface area contributed by atoms with Gasteiger partial charge in [-0.05, 0) is 75.9 Å². The van der Waals surface area contributed by atoms with Crippen LogP contribution in [0.15, 0.2) is 143 Å². The Balaban J connectivity index is 1.89. The Morgan fingerprint density at radius 3 is 1.85 bits per heavy atom. The minimum Gasteiger partial charge on any atom is -0.393 e. The summed E-state index contributed by atoms with van der Waals surface area (Å²) < 4.78 is 0. The molecular formula is C40H54O. The summed E-state index contributed by atoms with van der Waals surface area (Å²) in [6.45, 7) is 24.0. The molecule has 0 fully saturated rings. The minimum atomic E-state index is -0.223. The Morgan fingerprint density at radius 1 is 0.805 bits per heavy atom. The van der Waals surface area contributed by atoms with E-state index in [1.807, 2.05) is 0 Å². The van der Waals surface area contributed by atoms with Gasteiger partial charge in [0.2, 0.25) is 0 Å². The van der Waals surface area contributed by atoms with E-state index in [1.165, 1.54) is 39.0 Å². The fourth-order valence-corrected chi connectivity index (χ4v) is 5.61. The van der Waals surface area contributed by atoms with E-state index in [4.69, 9.17) is 0 Å². The van der Waals surface area contributed by atoms with Crippen molar-refractivity contribution < 1.29 is 5.11 Å². The molecule has 0 aromatic heterocycles. The van der Waals surface area contributed by atoms with Gasteiger partial charge in [-0.15, -0.1) is 0 Å². The Labute approximate surface area is 251 Å². The van der Waals surface area contributed by atoms with Crippen LogP contribution in [0.5, 0.6) is 0 Å². The molecular weight excluding hydrogens is 496 g/mol. The molecule has 0 aromatic rings. The number of hydrogen-bond acceptors (Lipinski definition) is 1. The highest BCUT2D eigenvalue weighted by Gasteiger charge is 2.31. The zero-order chi connectivity index (χ0) is 30.6. The molecule has 2 aliphatic rings. The molecule has 0 amide bonds. The van der Waals surface area contributed by atoms with Gasteiger partial charge in [0, 0.05) is 5.92 Å². The van der Waals surface area contributed by atoms with E-state index in [1.54, 1.807) is 0 Å². The van der Waals surface area contributed by atoms with Crippen molar-refractivity contribution in [1.29, 1.82) is 0 Å². The second kappa shape index (κ2) is 15.7. The number of rotatable bonds is 10. The van der Waals surface area contributed by atoms with Crippen molar-refractivity contribution in [3.8, 4) is 0 Å². The van der Waals surface area contributed by atoms with Crippen LogP contribution in [0.1, 0.15) is 81.6 Å². The molecule has 220 valence electrons. The van der Waals surface area contributed by atoms with Gasteiger partial charge in [-0.2, -0.15) is 0 Å². The fourth-order valence-electron chi connectivity index (χ4n) is 5.61. The SMILES string of the molecule is C=C1C=CCC(C)(C)[C@@H]1/C=C/C(C)=C/C=C/C(C)=C/C=C/C=C(C)/C=C/C=C(C)/C=C/C1=C(C)C[C@@H](O)CC1(C)C. The van der Waals surface area contributed by atoms with Crippen molar-refractivity contribution >= 4 is 0 Å². The lowest BCUT2D eigenvalue weighted by molar-refractivity contribution is 0.116. The van der Waals surface area contributed by atoms with Crippen LogP contribution in [0, 0.1) is 16.7 Å². The van der Waals surface area contributed by atoms with Crippen molar-refractivity contribution in [1.82, 2.24) is 0 Å². The zero-order valence-corrected chi connectivity index (χ0v) is 27.2. The molecule has 0 saturated heterocycles. The molecule has 0 radical (unpaired) electrons. The quantitative estimate of drug-likeness (QED) is 0.268. The predicted molar refractivity (Wildman–Crippen MR) is 183 cm³/mol. The maximum absolute atomic E-state index is 10.1. The standard InChI is InChI=1S/C40H54O/c1-30(18-13-20-32(3)23-25-37-34(5)22-15-27-39(37,7)8)16-11-12-17-31(2)19-14-21-33(4)24-26-38-35(6)28-36(41)29-40(38,9)10/h11-26,36-37,41H,5,27-29H2,1-4,6-10H3/b12-11+,18-13+,19-14+,25-23+,26-24+,30-16+,31-17+,32-20+,33-21+/t36-,37-/m1/s1. The van der Waals surface area contributed by atoms with E-state index in [0.717, 1.165) is 19.3 Å². The largest absolute Gasteiger partial charge is 0.393 e. The molecule has 2 aliphatic carbocycles. The Morgan fingerprint density at radius 2 is 1.32 bits per heavy atom. The highest BCUT2D eigenvalue weighted by Crippen LogP contribution is 2.41. The van der Waals surface area contributed by atoms with E-state index >= 15 is 0 Å². The molecule has 0 spiro atoms. The molecule has 0 aliphatic heterocycles. The lowest BCUT2D eigenvalue weighted by atomic mass is 9.69. The number of allylic oxidation sites excluding steroid dienone is 22. The molecule has 2 rings (SSSR count). The summed E-state index contributed by atoms with van der Waals surface area (Å²) in [6, 6.07) is 0. The number of hydrogen-bond donors (Lipinski definition) is 1. The molecule has 1 nitrogen and oxygen atoms in total. The van der Waals surface area contributed by atoms with Crippen LogP contribution in [0.25, 0.3) is 0 Å². The van der Waals surface area contributed by atoms with Crippen molar-refractivity contribution in [3.63, 3.8) is 0 Å². The van der Waals surface area contributed by atoms with Crippen molar-refractivity contribution in [2.75, 3.05) is 0 Å². The Bertz CT molecular complexity index is 1270. The van der Waals surface area contributed by atoms with Gasteiger partial charge < -0.3 is 5.11 Å². The van der Waals surface area contributed by atoms with E-state index in [9.17, 15) is 5.11 Å². The first kappa shape index (κ1) is 34.0. The monoisotopic (exact) mass is 550 g/mol. The third-order valence-corrected chi connectivity index (χ3v) is 8.02. The molecule has 0 bridgehead atoms. The summed E-state index contributed by atoms with van der Waals surface area (Å²) in [5.41, 5.74) is 8.91. The van der Waals surface area contributed by atoms with Gasteiger partial charge >= 0.3 is 0 Å². The molecule has 0 aromatic carbocycles. The summed E-state index contributed by atoms with van der Waals surface area (Å²) >= 11 is 0. The lowest BCUT2D eigenvalue weighted by Gasteiger charge is -2.35. The molecule has 0 unspecified atom stereocenters. The number of aliphatic hydroxyl groups excluding tert-OH is 1. The van der Waals surface area contributed by atoms with Crippen LogP contribution in [0.3, 0.4) is 0 Å². The van der Waals surface area contributed by atoms with Crippen LogP contribution >= 0.6 is 0 Å². The first-order valence-electron chi connectivity index (χ1n) is 15.0. The van der Waals surface area contributed by atoms with Crippen LogP contribution in [-0.4, -0.2) is 11.2 Å². The van der Waals surface area contributed by atoms with E-state index in [0.29, 0.717) is 5.92 Å². The zero-order valence-electron chi connectivity index (χ0n) is 27.2. The first-order valence-corrected chi connectivity index (χ1v) is 15.0. The van der Waals surface area contributed by atoms with Gasteiger partial charge in [-0.25, -0.2) is 0 Å². The van der Waals surface area contributed by atoms with E-state index < -0.39 is 0 Å². The van der Waals surface area contributed by atoms with Gasteiger partial charge in [-0.3, -0.25) is 0 Å². The first-order chi connectivity index (χ1) is 19.2. The third-order valence-electron chi connectivity index (χ3n) is 8.02. The summed E-state index contributed by atoms with van der Waals surface area (Å²) in [7, 11) is 0.